The van der Waals surface area contributed by atoms with Crippen LogP contribution in [0.2, 0.25) is 0 Å². The Morgan fingerprint density at radius 3 is 2.67 bits per heavy atom. The number of benzene rings is 1. The summed E-state index contributed by atoms with van der Waals surface area (Å²) in [4.78, 5) is 10.4. The number of hydrogen-bond acceptors (Lipinski definition) is 6. The number of thioether (sulfide) groups is 1. The Hall–Kier alpha value is -1.47. The molecule has 0 fully saturated rings. The van der Waals surface area contributed by atoms with E-state index in [1.807, 2.05) is 18.7 Å². The lowest BCUT2D eigenvalue weighted by Gasteiger charge is -2.15. The molecule has 0 radical (unpaired) electrons. The van der Waals surface area contributed by atoms with Crippen molar-refractivity contribution in [2.75, 3.05) is 22.2 Å². The highest BCUT2D eigenvalue weighted by atomic mass is 32.2. The second kappa shape index (κ2) is 7.07. The van der Waals surface area contributed by atoms with Crippen molar-refractivity contribution in [3.05, 3.63) is 28.3 Å². The van der Waals surface area contributed by atoms with Crippen molar-refractivity contribution < 1.29 is 4.92 Å². The lowest BCUT2D eigenvalue weighted by molar-refractivity contribution is -0.384. The molecule has 0 saturated carbocycles. The number of nitro benzene ring substituents is 1. The second-order valence-corrected chi connectivity index (χ2v) is 5.19. The maximum Gasteiger partial charge on any atom is 0.273 e. The van der Waals surface area contributed by atoms with Crippen molar-refractivity contribution in [3.63, 3.8) is 0 Å². The zero-order valence-electron chi connectivity index (χ0n) is 10.5. The molecule has 1 atom stereocenters. The van der Waals surface area contributed by atoms with Gasteiger partial charge in [0.2, 0.25) is 0 Å². The van der Waals surface area contributed by atoms with Crippen molar-refractivity contribution in [1.29, 1.82) is 0 Å². The first-order valence-electron chi connectivity index (χ1n) is 5.67. The Balaban J connectivity index is 2.81. The van der Waals surface area contributed by atoms with Crippen LogP contribution >= 0.6 is 11.8 Å². The van der Waals surface area contributed by atoms with Gasteiger partial charge in [-0.1, -0.05) is 6.92 Å². The second-order valence-electron chi connectivity index (χ2n) is 3.87. The monoisotopic (exact) mass is 270 g/mol. The molecule has 0 aliphatic carbocycles. The fourth-order valence-corrected chi connectivity index (χ4v) is 2.18. The molecule has 1 unspecified atom stereocenters. The molecule has 0 heterocycles. The largest absolute Gasteiger partial charge is 0.381 e. The number of nitro groups is 1. The van der Waals surface area contributed by atoms with E-state index in [-0.39, 0.29) is 11.7 Å². The van der Waals surface area contributed by atoms with Gasteiger partial charge in [0.25, 0.3) is 5.69 Å². The fourth-order valence-electron chi connectivity index (χ4n) is 1.50. The van der Waals surface area contributed by atoms with E-state index >= 15 is 0 Å². The van der Waals surface area contributed by atoms with Gasteiger partial charge in [-0.3, -0.25) is 16.0 Å². The number of hydrazine groups is 1. The highest BCUT2D eigenvalue weighted by molar-refractivity contribution is 7.99. The number of non-ortho nitro benzene ring substituents is 1. The molecule has 0 aliphatic rings. The Kier molecular flexibility index (Phi) is 5.73. The molecule has 18 heavy (non-hydrogen) atoms. The fraction of sp³-hybridized carbons (Fsp3) is 0.455. The number of nitrogens with two attached hydrogens (primary N) is 1. The number of nitrogens with zero attached hydrogens (tertiary/aromatic N) is 1. The van der Waals surface area contributed by atoms with Crippen LogP contribution in [0.25, 0.3) is 0 Å². The molecular formula is C11H18N4O2S. The molecule has 0 saturated heterocycles. The van der Waals surface area contributed by atoms with Crippen molar-refractivity contribution in [3.8, 4) is 0 Å². The van der Waals surface area contributed by atoms with E-state index < -0.39 is 4.92 Å². The number of rotatable bonds is 7. The molecule has 0 aromatic heterocycles. The molecule has 1 aromatic carbocycles. The van der Waals surface area contributed by atoms with E-state index in [2.05, 4.69) is 17.7 Å². The van der Waals surface area contributed by atoms with Gasteiger partial charge in [-0.2, -0.15) is 11.8 Å². The highest BCUT2D eigenvalue weighted by Gasteiger charge is 2.10. The Morgan fingerprint density at radius 2 is 2.11 bits per heavy atom. The standard InChI is InChI=1S/C11H18N4O2S/c1-3-18-7-8(2)13-9-4-10(14-12)6-11(5-9)15(16)17/h4-6,8,13-14H,3,7,12H2,1-2H3. The highest BCUT2D eigenvalue weighted by Crippen LogP contribution is 2.24. The van der Waals surface area contributed by atoms with Crippen LogP contribution in [-0.4, -0.2) is 22.5 Å². The number of nitrogens with one attached hydrogen (secondary N) is 2. The predicted octanol–water partition coefficient (Wildman–Crippen LogP) is 2.43. The summed E-state index contributed by atoms with van der Waals surface area (Å²) < 4.78 is 0. The minimum atomic E-state index is -0.433. The topological polar surface area (TPSA) is 93.2 Å². The van der Waals surface area contributed by atoms with Gasteiger partial charge >= 0.3 is 0 Å². The first-order chi connectivity index (χ1) is 8.56. The first-order valence-corrected chi connectivity index (χ1v) is 6.82. The van der Waals surface area contributed by atoms with Crippen molar-refractivity contribution in [2.24, 2.45) is 5.84 Å². The summed E-state index contributed by atoms with van der Waals surface area (Å²) in [5.41, 5.74) is 3.66. The number of nitrogen functional groups attached to an aromatic ring is 1. The van der Waals surface area contributed by atoms with Crippen molar-refractivity contribution in [1.82, 2.24) is 0 Å². The lowest BCUT2D eigenvalue weighted by atomic mass is 10.2. The van der Waals surface area contributed by atoms with E-state index in [1.165, 1.54) is 12.1 Å². The molecule has 6 nitrogen and oxygen atoms in total. The van der Waals surface area contributed by atoms with Gasteiger partial charge < -0.3 is 10.7 Å². The normalized spacial score (nSPS) is 11.9. The average molecular weight is 270 g/mol. The van der Waals surface area contributed by atoms with Crippen molar-refractivity contribution >= 4 is 28.8 Å². The zero-order valence-corrected chi connectivity index (χ0v) is 11.3. The SMILES string of the molecule is CCSCC(C)Nc1cc(NN)cc([N+](=O)[O-])c1. The molecule has 100 valence electrons. The molecule has 0 aliphatic heterocycles. The summed E-state index contributed by atoms with van der Waals surface area (Å²) in [7, 11) is 0. The van der Waals surface area contributed by atoms with Gasteiger partial charge in [0.05, 0.1) is 10.6 Å². The minimum absolute atomic E-state index is 0.0169. The number of hydrogen-bond donors (Lipinski definition) is 3. The maximum absolute atomic E-state index is 10.8. The van der Waals surface area contributed by atoms with E-state index in [0.29, 0.717) is 11.4 Å². The average Bonchev–Trinajstić information content (AvgIpc) is 2.35. The third kappa shape index (κ3) is 4.42. The predicted molar refractivity (Wildman–Crippen MR) is 77.0 cm³/mol. The Bertz CT molecular complexity index is 414. The summed E-state index contributed by atoms with van der Waals surface area (Å²) in [6.45, 7) is 4.14. The number of anilines is 2. The molecule has 1 aromatic rings. The Labute approximate surface area is 110 Å². The van der Waals surface area contributed by atoms with Crippen LogP contribution in [0.3, 0.4) is 0 Å². The van der Waals surface area contributed by atoms with Crippen LogP contribution in [0.4, 0.5) is 17.1 Å². The third-order valence-corrected chi connectivity index (χ3v) is 3.42. The summed E-state index contributed by atoms with van der Waals surface area (Å²) >= 11 is 1.82. The summed E-state index contributed by atoms with van der Waals surface area (Å²) in [5, 5.41) is 14.0. The molecular weight excluding hydrogens is 252 g/mol. The molecule has 1 rings (SSSR count). The van der Waals surface area contributed by atoms with Gasteiger partial charge in [0.15, 0.2) is 0 Å². The molecule has 7 heteroatoms. The Morgan fingerprint density at radius 1 is 1.44 bits per heavy atom. The summed E-state index contributed by atoms with van der Waals surface area (Å²) in [6.07, 6.45) is 0. The quantitative estimate of drug-likeness (QED) is 0.400. The summed E-state index contributed by atoms with van der Waals surface area (Å²) in [5.74, 6) is 7.30. The third-order valence-electron chi connectivity index (χ3n) is 2.28. The summed E-state index contributed by atoms with van der Waals surface area (Å²) in [6, 6.07) is 4.90. The molecule has 0 spiro atoms. The van der Waals surface area contributed by atoms with Crippen LogP contribution in [0.15, 0.2) is 18.2 Å². The van der Waals surface area contributed by atoms with Gasteiger partial charge in [0, 0.05) is 29.6 Å². The van der Waals surface area contributed by atoms with E-state index in [1.54, 1.807) is 6.07 Å². The van der Waals surface area contributed by atoms with E-state index in [0.717, 1.165) is 11.5 Å². The van der Waals surface area contributed by atoms with Crippen LogP contribution in [-0.2, 0) is 0 Å². The maximum atomic E-state index is 10.8. The molecule has 0 bridgehead atoms. The zero-order chi connectivity index (χ0) is 13.5. The molecule has 0 amide bonds. The van der Waals surface area contributed by atoms with Gasteiger partial charge in [-0.25, -0.2) is 0 Å². The van der Waals surface area contributed by atoms with Crippen LogP contribution in [0, 0.1) is 10.1 Å². The van der Waals surface area contributed by atoms with E-state index in [4.69, 9.17) is 5.84 Å². The van der Waals surface area contributed by atoms with Crippen LogP contribution in [0.5, 0.6) is 0 Å². The van der Waals surface area contributed by atoms with Crippen molar-refractivity contribution in [2.45, 2.75) is 19.9 Å². The molecule has 4 N–H and O–H groups in total. The van der Waals surface area contributed by atoms with E-state index in [9.17, 15) is 10.1 Å². The van der Waals surface area contributed by atoms with Gasteiger partial charge in [-0.05, 0) is 18.7 Å². The smallest absolute Gasteiger partial charge is 0.273 e. The van der Waals surface area contributed by atoms with Gasteiger partial charge in [-0.15, -0.1) is 0 Å². The van der Waals surface area contributed by atoms with Crippen LogP contribution in [0.1, 0.15) is 13.8 Å². The van der Waals surface area contributed by atoms with Gasteiger partial charge in [0.1, 0.15) is 0 Å². The van der Waals surface area contributed by atoms with Crippen LogP contribution < -0.4 is 16.6 Å². The lowest BCUT2D eigenvalue weighted by Crippen LogP contribution is -2.18. The first kappa shape index (κ1) is 14.6. The minimum Gasteiger partial charge on any atom is -0.381 e.